The molecule has 0 aromatic heterocycles. The predicted molar refractivity (Wildman–Crippen MR) is 87.2 cm³/mol. The summed E-state index contributed by atoms with van der Waals surface area (Å²) >= 11 is 0. The van der Waals surface area contributed by atoms with Gasteiger partial charge in [0.05, 0.1) is 0 Å². The van der Waals surface area contributed by atoms with E-state index in [1.165, 1.54) is 6.07 Å². The summed E-state index contributed by atoms with van der Waals surface area (Å²) in [5, 5.41) is 3.20. The Morgan fingerprint density at radius 1 is 1.10 bits per heavy atom. The minimum atomic E-state index is -0.239. The number of rotatable bonds is 3. The third-order valence-electron chi connectivity index (χ3n) is 3.20. The molecule has 100 valence electrons. The van der Waals surface area contributed by atoms with Gasteiger partial charge in [0.25, 0.3) is 0 Å². The number of fused-ring (bicyclic) bond motifs is 1. The van der Waals surface area contributed by atoms with Crippen molar-refractivity contribution in [3.8, 4) is 0 Å². The van der Waals surface area contributed by atoms with Crippen molar-refractivity contribution in [1.82, 2.24) is 0 Å². The number of hydrogen-bond donors (Lipinski definition) is 0. The van der Waals surface area contributed by atoms with Crippen molar-refractivity contribution in [3.63, 3.8) is 0 Å². The van der Waals surface area contributed by atoms with Crippen LogP contribution in [0, 0.1) is 5.82 Å². The maximum absolute atomic E-state index is 14.3. The number of benzene rings is 2. The van der Waals surface area contributed by atoms with Gasteiger partial charge in [0.1, 0.15) is 5.82 Å². The van der Waals surface area contributed by atoms with E-state index in [0.29, 0.717) is 5.39 Å². The molecule has 0 aliphatic rings. The van der Waals surface area contributed by atoms with Crippen molar-refractivity contribution >= 4 is 28.5 Å². The number of halogens is 1. The molecule has 20 heavy (non-hydrogen) atoms. The van der Waals surface area contributed by atoms with Crippen LogP contribution < -0.4 is 10.4 Å². The lowest BCUT2D eigenvalue weighted by molar-refractivity contribution is 0.638. The first-order chi connectivity index (χ1) is 9.60. The molecule has 0 spiro atoms. The van der Waals surface area contributed by atoms with Crippen LogP contribution >= 0.6 is 0 Å². The minimum Gasteiger partial charge on any atom is -0.206 e. The third kappa shape index (κ3) is 2.35. The van der Waals surface area contributed by atoms with Crippen molar-refractivity contribution in [2.75, 3.05) is 0 Å². The summed E-state index contributed by atoms with van der Waals surface area (Å²) < 4.78 is 14.3. The van der Waals surface area contributed by atoms with Crippen LogP contribution in [0.25, 0.3) is 28.5 Å². The molecule has 0 fully saturated rings. The molecule has 0 heterocycles. The number of hydrogen-bond acceptors (Lipinski definition) is 0. The van der Waals surface area contributed by atoms with E-state index in [-0.39, 0.29) is 5.82 Å². The van der Waals surface area contributed by atoms with Crippen LogP contribution in [0.15, 0.2) is 56.2 Å². The average molecular weight is 264 g/mol. The van der Waals surface area contributed by atoms with Gasteiger partial charge in [-0.1, -0.05) is 62.2 Å². The molecule has 0 saturated heterocycles. The van der Waals surface area contributed by atoms with Gasteiger partial charge < -0.3 is 0 Å². The molecule has 0 aliphatic carbocycles. The molecular weight excluding hydrogens is 247 g/mol. The fraction of sp³-hybridized carbons (Fsp3) is 0.0526. The molecule has 2 aromatic carbocycles. The highest BCUT2D eigenvalue weighted by atomic mass is 19.1. The quantitative estimate of drug-likeness (QED) is 0.787. The average Bonchev–Trinajstić information content (AvgIpc) is 2.40. The van der Waals surface area contributed by atoms with Gasteiger partial charge in [-0.3, -0.25) is 0 Å². The van der Waals surface area contributed by atoms with Gasteiger partial charge in [0, 0.05) is 5.39 Å². The summed E-state index contributed by atoms with van der Waals surface area (Å²) in [5.74, 6) is -0.239. The fourth-order valence-electron chi connectivity index (χ4n) is 2.46. The molecule has 0 radical (unpaired) electrons. The summed E-state index contributed by atoms with van der Waals surface area (Å²) in [5.41, 5.74) is 1.85. The second-order valence-corrected chi connectivity index (χ2v) is 4.68. The Bertz CT molecular complexity index is 823. The summed E-state index contributed by atoms with van der Waals surface area (Å²) in [7, 11) is 0. The van der Waals surface area contributed by atoms with Gasteiger partial charge in [0.2, 0.25) is 0 Å². The van der Waals surface area contributed by atoms with E-state index in [1.807, 2.05) is 25.1 Å². The molecule has 0 aliphatic heterocycles. The van der Waals surface area contributed by atoms with Crippen LogP contribution in [0.3, 0.4) is 0 Å². The Balaban J connectivity index is 3.20. The molecule has 0 bridgehead atoms. The van der Waals surface area contributed by atoms with Gasteiger partial charge in [-0.25, -0.2) is 4.39 Å². The molecule has 1 heteroatoms. The van der Waals surface area contributed by atoms with Crippen LogP contribution in [0.4, 0.5) is 4.39 Å². The highest BCUT2D eigenvalue weighted by Gasteiger charge is 2.09. The smallest absolute Gasteiger partial charge is 0.131 e. The first kappa shape index (κ1) is 14.0. The van der Waals surface area contributed by atoms with E-state index < -0.39 is 0 Å². The van der Waals surface area contributed by atoms with Crippen LogP contribution in [0.2, 0.25) is 0 Å². The van der Waals surface area contributed by atoms with E-state index in [2.05, 4.69) is 19.7 Å². The molecule has 0 saturated carbocycles. The van der Waals surface area contributed by atoms with E-state index in [4.69, 9.17) is 0 Å². The van der Waals surface area contributed by atoms with E-state index in [1.54, 1.807) is 24.3 Å². The SMILES string of the molecule is C=C/C=c1/cc(F)c2ccc/c(=C/C=C)c2c1C(=C)C. The number of allylic oxidation sites excluding steroid dienone is 3. The monoisotopic (exact) mass is 264 g/mol. The predicted octanol–water partition coefficient (Wildman–Crippen LogP) is 3.95. The van der Waals surface area contributed by atoms with Crippen LogP contribution in [0.5, 0.6) is 0 Å². The molecule has 0 N–H and O–H groups in total. The summed E-state index contributed by atoms with van der Waals surface area (Å²) in [4.78, 5) is 0. The van der Waals surface area contributed by atoms with Gasteiger partial charge in [-0.2, -0.15) is 0 Å². The summed E-state index contributed by atoms with van der Waals surface area (Å²) in [6.45, 7) is 13.4. The second-order valence-electron chi connectivity index (χ2n) is 4.68. The molecule has 2 rings (SSSR count). The first-order valence-electron chi connectivity index (χ1n) is 6.42. The normalized spacial score (nSPS) is 12.7. The van der Waals surface area contributed by atoms with Gasteiger partial charge >= 0.3 is 0 Å². The molecule has 0 nitrogen and oxygen atoms in total. The zero-order chi connectivity index (χ0) is 14.7. The molecular formula is C19H17F. The van der Waals surface area contributed by atoms with Crippen LogP contribution in [-0.2, 0) is 0 Å². The van der Waals surface area contributed by atoms with Gasteiger partial charge in [0.15, 0.2) is 0 Å². The molecule has 0 unspecified atom stereocenters. The summed E-state index contributed by atoms with van der Waals surface area (Å²) in [6.07, 6.45) is 7.05. The highest BCUT2D eigenvalue weighted by molar-refractivity contribution is 5.95. The maximum Gasteiger partial charge on any atom is 0.131 e. The fourth-order valence-corrected chi connectivity index (χ4v) is 2.46. The largest absolute Gasteiger partial charge is 0.206 e. The molecule has 0 amide bonds. The Kier molecular flexibility index (Phi) is 3.99. The van der Waals surface area contributed by atoms with Crippen molar-refractivity contribution < 1.29 is 4.39 Å². The Hall–Kier alpha value is -2.41. The van der Waals surface area contributed by atoms with Crippen LogP contribution in [0.1, 0.15) is 12.5 Å². The Morgan fingerprint density at radius 3 is 2.35 bits per heavy atom. The summed E-state index contributed by atoms with van der Waals surface area (Å²) in [6, 6.07) is 7.12. The molecule has 0 atom stereocenters. The lowest BCUT2D eigenvalue weighted by Gasteiger charge is -2.10. The van der Waals surface area contributed by atoms with Crippen LogP contribution in [-0.4, -0.2) is 0 Å². The van der Waals surface area contributed by atoms with Crippen molar-refractivity contribution in [2.24, 2.45) is 0 Å². The van der Waals surface area contributed by atoms with Crippen molar-refractivity contribution in [2.45, 2.75) is 6.92 Å². The van der Waals surface area contributed by atoms with E-state index >= 15 is 0 Å². The zero-order valence-corrected chi connectivity index (χ0v) is 11.6. The Labute approximate surface area is 118 Å². The lowest BCUT2D eigenvalue weighted by atomic mass is 9.95. The lowest BCUT2D eigenvalue weighted by Crippen LogP contribution is -2.15. The van der Waals surface area contributed by atoms with Crippen molar-refractivity contribution in [3.05, 3.63) is 78.0 Å². The van der Waals surface area contributed by atoms with E-state index in [0.717, 1.165) is 27.0 Å². The van der Waals surface area contributed by atoms with Crippen molar-refractivity contribution in [1.29, 1.82) is 0 Å². The second kappa shape index (κ2) is 5.70. The van der Waals surface area contributed by atoms with E-state index in [9.17, 15) is 4.39 Å². The van der Waals surface area contributed by atoms with Gasteiger partial charge in [-0.05, 0) is 40.0 Å². The molecule has 2 aromatic rings. The van der Waals surface area contributed by atoms with Gasteiger partial charge in [-0.15, -0.1) is 0 Å². The third-order valence-corrected chi connectivity index (χ3v) is 3.20. The Morgan fingerprint density at radius 2 is 1.75 bits per heavy atom. The standard InChI is InChI=1S/C19H17F/c1-5-8-14-10-7-11-16-17(20)12-15(9-6-2)18(13(3)4)19(14)16/h5-12H,1-3H2,4H3/b14-8-,15-9-. The zero-order valence-electron chi connectivity index (χ0n) is 11.6. The topological polar surface area (TPSA) is 0 Å². The first-order valence-corrected chi connectivity index (χ1v) is 6.42. The minimum absolute atomic E-state index is 0.239. The highest BCUT2D eigenvalue weighted by Crippen LogP contribution is 2.20. The maximum atomic E-state index is 14.3.